The molecule has 4 rings (SSSR count). The number of carbonyl (C=O) groups is 1. The number of rotatable bonds is 7. The van der Waals surface area contributed by atoms with Gasteiger partial charge in [-0.15, -0.1) is 11.3 Å². The molecule has 1 N–H and O–H groups in total. The molecule has 3 aromatic rings. The van der Waals surface area contributed by atoms with Crippen LogP contribution < -0.4 is 11.0 Å². The summed E-state index contributed by atoms with van der Waals surface area (Å²) in [5.74, 6) is -0.231. The predicted octanol–water partition coefficient (Wildman–Crippen LogP) is 3.29. The summed E-state index contributed by atoms with van der Waals surface area (Å²) >= 11 is 1.44. The number of carbonyl (C=O) groups excluding carboxylic acids is 1. The summed E-state index contributed by atoms with van der Waals surface area (Å²) < 4.78 is 3.28. The molecule has 3 heterocycles. The van der Waals surface area contributed by atoms with Gasteiger partial charge in [0.05, 0.1) is 16.7 Å². The second kappa shape index (κ2) is 8.92. The van der Waals surface area contributed by atoms with E-state index >= 15 is 0 Å². The number of fused-ring (bicyclic) bond motifs is 1. The molecule has 154 valence electrons. The second-order valence-electron chi connectivity index (χ2n) is 7.54. The summed E-state index contributed by atoms with van der Waals surface area (Å²) in [6, 6.07) is 7.61. The Morgan fingerprint density at radius 1 is 1.14 bits per heavy atom. The van der Waals surface area contributed by atoms with Gasteiger partial charge in [-0.05, 0) is 44.5 Å². The maximum absolute atomic E-state index is 12.8. The molecule has 1 saturated heterocycles. The van der Waals surface area contributed by atoms with Crippen LogP contribution in [0.3, 0.4) is 0 Å². The summed E-state index contributed by atoms with van der Waals surface area (Å²) in [4.78, 5) is 32.4. The van der Waals surface area contributed by atoms with Gasteiger partial charge in [-0.3, -0.25) is 18.8 Å². The van der Waals surface area contributed by atoms with E-state index in [0.717, 1.165) is 42.8 Å². The summed E-state index contributed by atoms with van der Waals surface area (Å²) in [6.45, 7) is 5.72. The van der Waals surface area contributed by atoms with E-state index in [9.17, 15) is 9.59 Å². The first kappa shape index (κ1) is 19.8. The number of imidazole rings is 1. The van der Waals surface area contributed by atoms with Crippen molar-refractivity contribution >= 4 is 33.4 Å². The van der Waals surface area contributed by atoms with Crippen LogP contribution in [0.5, 0.6) is 0 Å². The normalized spacial score (nSPS) is 15.1. The number of aromatic nitrogens is 3. The van der Waals surface area contributed by atoms with Crippen molar-refractivity contribution in [2.45, 2.75) is 52.2 Å². The monoisotopic (exact) mass is 413 g/mol. The van der Waals surface area contributed by atoms with Gasteiger partial charge in [-0.2, -0.15) is 0 Å². The molecule has 0 unspecified atom stereocenters. The number of likely N-dealkylation sites (tertiary alicyclic amines) is 1. The van der Waals surface area contributed by atoms with Crippen LogP contribution in [-0.2, 0) is 24.4 Å². The van der Waals surface area contributed by atoms with Crippen LogP contribution in [0, 0.1) is 0 Å². The Balaban J connectivity index is 1.45. The molecular formula is C21H27N5O2S. The molecule has 0 spiro atoms. The summed E-state index contributed by atoms with van der Waals surface area (Å²) in [5, 5.41) is 5.46. The van der Waals surface area contributed by atoms with Crippen molar-refractivity contribution in [3.8, 4) is 0 Å². The highest BCUT2D eigenvalue weighted by Gasteiger charge is 2.16. The first-order chi connectivity index (χ1) is 14.2. The van der Waals surface area contributed by atoms with Crippen molar-refractivity contribution < 1.29 is 4.79 Å². The maximum atomic E-state index is 12.8. The van der Waals surface area contributed by atoms with Gasteiger partial charge in [0.15, 0.2) is 5.13 Å². The SMILES string of the molecule is CCCn1c(=O)n(CC(=O)Nc2nc(CN3CCCCC3)cs2)c2ccccc21. The Labute approximate surface area is 174 Å². The van der Waals surface area contributed by atoms with Crippen LogP contribution in [0.4, 0.5) is 5.13 Å². The van der Waals surface area contributed by atoms with Gasteiger partial charge in [0.1, 0.15) is 6.54 Å². The molecule has 1 aliphatic rings. The molecule has 0 atom stereocenters. The van der Waals surface area contributed by atoms with Crippen LogP contribution >= 0.6 is 11.3 Å². The predicted molar refractivity (Wildman–Crippen MR) is 116 cm³/mol. The van der Waals surface area contributed by atoms with Gasteiger partial charge in [0.2, 0.25) is 5.91 Å². The minimum absolute atomic E-state index is 0.0168. The fourth-order valence-corrected chi connectivity index (χ4v) is 4.67. The zero-order valence-electron chi connectivity index (χ0n) is 16.8. The minimum Gasteiger partial charge on any atom is -0.300 e. The molecule has 0 saturated carbocycles. The van der Waals surface area contributed by atoms with E-state index in [4.69, 9.17) is 0 Å². The van der Waals surface area contributed by atoms with E-state index in [1.807, 2.05) is 36.6 Å². The molecular weight excluding hydrogens is 386 g/mol. The Hall–Kier alpha value is -2.45. The number of benzene rings is 1. The fourth-order valence-electron chi connectivity index (χ4n) is 3.95. The fraction of sp³-hybridized carbons (Fsp3) is 0.476. The number of thiazole rings is 1. The minimum atomic E-state index is -0.231. The maximum Gasteiger partial charge on any atom is 0.329 e. The summed E-state index contributed by atoms with van der Waals surface area (Å²) in [6.07, 6.45) is 4.66. The van der Waals surface area contributed by atoms with Crippen LogP contribution in [0.2, 0.25) is 0 Å². The van der Waals surface area contributed by atoms with Crippen molar-refractivity contribution in [3.63, 3.8) is 0 Å². The average molecular weight is 414 g/mol. The molecule has 1 aliphatic heterocycles. The van der Waals surface area contributed by atoms with Gasteiger partial charge >= 0.3 is 5.69 Å². The molecule has 1 amide bonds. The number of amides is 1. The molecule has 0 aliphatic carbocycles. The highest BCUT2D eigenvalue weighted by atomic mass is 32.1. The van der Waals surface area contributed by atoms with Gasteiger partial charge in [0.25, 0.3) is 0 Å². The second-order valence-corrected chi connectivity index (χ2v) is 8.40. The van der Waals surface area contributed by atoms with E-state index in [0.29, 0.717) is 11.7 Å². The molecule has 1 fully saturated rings. The third-order valence-corrected chi connectivity index (χ3v) is 6.11. The van der Waals surface area contributed by atoms with Crippen molar-refractivity contribution in [2.24, 2.45) is 0 Å². The molecule has 2 aromatic heterocycles. The zero-order chi connectivity index (χ0) is 20.2. The number of hydrogen-bond donors (Lipinski definition) is 1. The Morgan fingerprint density at radius 3 is 2.59 bits per heavy atom. The van der Waals surface area contributed by atoms with Gasteiger partial charge in [0, 0.05) is 18.5 Å². The lowest BCUT2D eigenvalue weighted by Gasteiger charge is -2.25. The quantitative estimate of drug-likeness (QED) is 0.645. The first-order valence-corrected chi connectivity index (χ1v) is 11.2. The lowest BCUT2D eigenvalue weighted by Crippen LogP contribution is -2.29. The third-order valence-electron chi connectivity index (χ3n) is 5.31. The number of hydrogen-bond acceptors (Lipinski definition) is 5. The zero-order valence-corrected chi connectivity index (χ0v) is 17.6. The van der Waals surface area contributed by atoms with E-state index < -0.39 is 0 Å². The molecule has 1 aromatic carbocycles. The topological polar surface area (TPSA) is 72.2 Å². The average Bonchev–Trinajstić information content (AvgIpc) is 3.27. The van der Waals surface area contributed by atoms with E-state index in [1.54, 1.807) is 9.13 Å². The third kappa shape index (κ3) is 4.43. The largest absolute Gasteiger partial charge is 0.329 e. The van der Waals surface area contributed by atoms with Crippen LogP contribution in [-0.4, -0.2) is 38.0 Å². The van der Waals surface area contributed by atoms with E-state index in [1.165, 1.54) is 30.6 Å². The lowest BCUT2D eigenvalue weighted by molar-refractivity contribution is -0.116. The van der Waals surface area contributed by atoms with Crippen LogP contribution in [0.1, 0.15) is 38.3 Å². The van der Waals surface area contributed by atoms with Crippen molar-refractivity contribution in [1.29, 1.82) is 0 Å². The summed E-state index contributed by atoms with van der Waals surface area (Å²) in [7, 11) is 0. The molecule has 0 bridgehead atoms. The number of nitrogens with zero attached hydrogens (tertiary/aromatic N) is 4. The van der Waals surface area contributed by atoms with E-state index in [-0.39, 0.29) is 18.1 Å². The van der Waals surface area contributed by atoms with Crippen molar-refractivity contribution in [2.75, 3.05) is 18.4 Å². The van der Waals surface area contributed by atoms with Gasteiger partial charge in [-0.25, -0.2) is 9.78 Å². The highest BCUT2D eigenvalue weighted by Crippen LogP contribution is 2.19. The molecule has 29 heavy (non-hydrogen) atoms. The van der Waals surface area contributed by atoms with Crippen molar-refractivity contribution in [1.82, 2.24) is 19.0 Å². The smallest absolute Gasteiger partial charge is 0.300 e. The number of nitrogens with one attached hydrogen (secondary N) is 1. The molecule has 8 heteroatoms. The first-order valence-electron chi connectivity index (χ1n) is 10.3. The number of anilines is 1. The number of aryl methyl sites for hydroxylation is 1. The van der Waals surface area contributed by atoms with Gasteiger partial charge < -0.3 is 5.32 Å². The van der Waals surface area contributed by atoms with Crippen molar-refractivity contribution in [3.05, 3.63) is 45.8 Å². The Morgan fingerprint density at radius 2 is 1.86 bits per heavy atom. The van der Waals surface area contributed by atoms with E-state index in [2.05, 4.69) is 15.2 Å². The number of piperidine rings is 1. The van der Waals surface area contributed by atoms with Crippen LogP contribution in [0.15, 0.2) is 34.4 Å². The van der Waals surface area contributed by atoms with Crippen LogP contribution in [0.25, 0.3) is 11.0 Å². The standard InChI is InChI=1S/C21H27N5O2S/c1-2-10-25-17-8-4-5-9-18(17)26(21(25)28)14-19(27)23-20-22-16(15-29-20)13-24-11-6-3-7-12-24/h4-5,8-9,15H,2-3,6-7,10-14H2,1H3,(H,22,23,27). The molecule has 7 nitrogen and oxygen atoms in total. The Kier molecular flexibility index (Phi) is 6.10. The highest BCUT2D eigenvalue weighted by molar-refractivity contribution is 7.13. The lowest BCUT2D eigenvalue weighted by atomic mass is 10.1. The Bertz CT molecular complexity index is 1040. The summed E-state index contributed by atoms with van der Waals surface area (Å²) in [5.41, 5.74) is 2.49. The molecule has 0 radical (unpaired) electrons. The van der Waals surface area contributed by atoms with Gasteiger partial charge in [-0.1, -0.05) is 25.5 Å². The number of para-hydroxylation sites is 2.